The number of benzene rings is 3. The molecule has 0 aliphatic carbocycles. The Kier molecular flexibility index (Phi) is 5.71. The molecule has 1 unspecified atom stereocenters. The van der Waals surface area contributed by atoms with E-state index in [-0.39, 0.29) is 12.1 Å². The Balaban J connectivity index is 1.44. The monoisotopic (exact) mass is 396 g/mol. The Hall–Kier alpha value is -4.12. The van der Waals surface area contributed by atoms with Gasteiger partial charge in [0.25, 0.3) is 6.02 Å². The van der Waals surface area contributed by atoms with E-state index in [0.29, 0.717) is 5.75 Å². The Bertz CT molecular complexity index is 1100. The van der Waals surface area contributed by atoms with Gasteiger partial charge in [0.05, 0.1) is 5.70 Å². The highest BCUT2D eigenvalue weighted by Crippen LogP contribution is 2.30. The zero-order chi connectivity index (χ0) is 20.8. The number of aliphatic imine (C=N–C) groups is 1. The SMILES string of the molecule is NC1=NC(c2ccccc2)=CC(c2ccc(OC(=O)/C=C\c3ccccc3)cc2)O1. The highest BCUT2D eigenvalue weighted by Gasteiger charge is 2.19. The molecule has 3 aromatic rings. The summed E-state index contributed by atoms with van der Waals surface area (Å²) in [5.41, 5.74) is 9.40. The van der Waals surface area contributed by atoms with E-state index in [1.165, 1.54) is 6.08 Å². The Morgan fingerprint density at radius 3 is 2.30 bits per heavy atom. The lowest BCUT2D eigenvalue weighted by Gasteiger charge is -2.21. The lowest BCUT2D eigenvalue weighted by Crippen LogP contribution is -2.22. The van der Waals surface area contributed by atoms with Gasteiger partial charge >= 0.3 is 5.97 Å². The van der Waals surface area contributed by atoms with Crippen molar-refractivity contribution >= 4 is 23.8 Å². The van der Waals surface area contributed by atoms with Gasteiger partial charge < -0.3 is 15.2 Å². The molecule has 1 aliphatic rings. The largest absolute Gasteiger partial charge is 0.453 e. The molecule has 1 heterocycles. The number of esters is 1. The van der Waals surface area contributed by atoms with Crippen molar-refractivity contribution in [2.45, 2.75) is 6.10 Å². The lowest BCUT2D eigenvalue weighted by atomic mass is 10.0. The van der Waals surface area contributed by atoms with Crippen LogP contribution in [0, 0.1) is 0 Å². The second-order valence-corrected chi connectivity index (χ2v) is 6.64. The second-order valence-electron chi connectivity index (χ2n) is 6.64. The molecule has 0 saturated carbocycles. The lowest BCUT2D eigenvalue weighted by molar-refractivity contribution is -0.128. The normalized spacial score (nSPS) is 15.8. The average molecular weight is 396 g/mol. The molecule has 0 saturated heterocycles. The summed E-state index contributed by atoms with van der Waals surface area (Å²) in [6, 6.07) is 26.6. The third-order valence-corrected chi connectivity index (χ3v) is 4.50. The third-order valence-electron chi connectivity index (χ3n) is 4.50. The molecule has 148 valence electrons. The van der Waals surface area contributed by atoms with Crippen molar-refractivity contribution in [2.24, 2.45) is 10.7 Å². The van der Waals surface area contributed by atoms with E-state index in [1.54, 1.807) is 18.2 Å². The first kappa shape index (κ1) is 19.2. The van der Waals surface area contributed by atoms with E-state index >= 15 is 0 Å². The van der Waals surface area contributed by atoms with Crippen molar-refractivity contribution in [3.05, 3.63) is 114 Å². The summed E-state index contributed by atoms with van der Waals surface area (Å²) in [6.45, 7) is 0. The minimum Gasteiger partial charge on any atom is -0.453 e. The number of hydrogen-bond donors (Lipinski definition) is 1. The summed E-state index contributed by atoms with van der Waals surface area (Å²) in [6.07, 6.45) is 4.65. The van der Waals surface area contributed by atoms with Gasteiger partial charge in [-0.3, -0.25) is 0 Å². The van der Waals surface area contributed by atoms with Crippen LogP contribution in [-0.2, 0) is 9.53 Å². The zero-order valence-corrected chi connectivity index (χ0v) is 16.1. The van der Waals surface area contributed by atoms with Gasteiger partial charge in [0.15, 0.2) is 0 Å². The van der Waals surface area contributed by atoms with E-state index in [9.17, 15) is 4.79 Å². The number of nitrogens with two attached hydrogens (primary N) is 1. The molecule has 30 heavy (non-hydrogen) atoms. The molecule has 5 heteroatoms. The number of ether oxygens (including phenoxy) is 2. The fraction of sp³-hybridized carbons (Fsp3) is 0.0400. The standard InChI is InChI=1S/C25H20N2O3/c26-25-27-22(19-9-5-2-6-10-19)17-23(30-25)20-12-14-21(15-13-20)29-24(28)16-11-18-7-3-1-4-8-18/h1-17,23H,(H2,26,27)/b16-11-. The van der Waals surface area contributed by atoms with Crippen LogP contribution in [0.1, 0.15) is 22.8 Å². The van der Waals surface area contributed by atoms with Crippen molar-refractivity contribution in [2.75, 3.05) is 0 Å². The van der Waals surface area contributed by atoms with Crippen molar-refractivity contribution in [1.82, 2.24) is 0 Å². The molecular weight excluding hydrogens is 376 g/mol. The maximum absolute atomic E-state index is 12.0. The van der Waals surface area contributed by atoms with Crippen molar-refractivity contribution in [1.29, 1.82) is 0 Å². The molecule has 2 N–H and O–H groups in total. The summed E-state index contributed by atoms with van der Waals surface area (Å²) < 4.78 is 11.0. The van der Waals surface area contributed by atoms with Gasteiger partial charge in [0, 0.05) is 11.6 Å². The number of nitrogens with zero attached hydrogens (tertiary/aromatic N) is 1. The van der Waals surface area contributed by atoms with Crippen LogP contribution in [-0.4, -0.2) is 12.0 Å². The van der Waals surface area contributed by atoms with Crippen molar-refractivity contribution in [3.8, 4) is 5.75 Å². The Morgan fingerprint density at radius 1 is 0.933 bits per heavy atom. The van der Waals surface area contributed by atoms with Gasteiger partial charge in [-0.15, -0.1) is 0 Å². The van der Waals surface area contributed by atoms with Crippen molar-refractivity contribution in [3.63, 3.8) is 0 Å². The molecular formula is C25H20N2O3. The van der Waals surface area contributed by atoms with E-state index in [4.69, 9.17) is 15.2 Å². The van der Waals surface area contributed by atoms with Gasteiger partial charge in [0.1, 0.15) is 11.9 Å². The fourth-order valence-electron chi connectivity index (χ4n) is 3.03. The van der Waals surface area contributed by atoms with Crippen LogP contribution in [0.3, 0.4) is 0 Å². The summed E-state index contributed by atoms with van der Waals surface area (Å²) in [7, 11) is 0. The van der Waals surface area contributed by atoms with Crippen LogP contribution in [0.2, 0.25) is 0 Å². The highest BCUT2D eigenvalue weighted by atomic mass is 16.5. The maximum Gasteiger partial charge on any atom is 0.336 e. The van der Waals surface area contributed by atoms with Crippen LogP contribution in [0.4, 0.5) is 0 Å². The number of hydrogen-bond acceptors (Lipinski definition) is 5. The molecule has 1 aliphatic heterocycles. The molecule has 3 aromatic carbocycles. The highest BCUT2D eigenvalue weighted by molar-refractivity contribution is 5.88. The number of rotatable bonds is 5. The van der Waals surface area contributed by atoms with E-state index in [2.05, 4.69) is 4.99 Å². The molecule has 0 radical (unpaired) electrons. The number of carbonyl (C=O) groups excluding carboxylic acids is 1. The number of carbonyl (C=O) groups is 1. The van der Waals surface area contributed by atoms with Crippen molar-refractivity contribution < 1.29 is 14.3 Å². The molecule has 1 atom stereocenters. The zero-order valence-electron chi connectivity index (χ0n) is 16.1. The predicted octanol–water partition coefficient (Wildman–Crippen LogP) is 4.73. The van der Waals surface area contributed by atoms with Gasteiger partial charge in [-0.25, -0.2) is 4.79 Å². The molecule has 4 rings (SSSR count). The average Bonchev–Trinajstić information content (AvgIpc) is 2.79. The van der Waals surface area contributed by atoms with E-state index in [0.717, 1.165) is 22.4 Å². The molecule has 5 nitrogen and oxygen atoms in total. The van der Waals surface area contributed by atoms with Gasteiger partial charge in [-0.05, 0) is 35.4 Å². The first-order valence-electron chi connectivity index (χ1n) is 9.50. The number of amidine groups is 1. The van der Waals surface area contributed by atoms with Crippen LogP contribution in [0.25, 0.3) is 11.8 Å². The molecule has 0 amide bonds. The van der Waals surface area contributed by atoms with Gasteiger partial charge in [-0.1, -0.05) is 72.8 Å². The third kappa shape index (κ3) is 4.83. The maximum atomic E-state index is 12.0. The predicted molar refractivity (Wildman–Crippen MR) is 117 cm³/mol. The van der Waals surface area contributed by atoms with E-state index < -0.39 is 5.97 Å². The summed E-state index contributed by atoms with van der Waals surface area (Å²) >= 11 is 0. The van der Waals surface area contributed by atoms with Crippen LogP contribution in [0.15, 0.2) is 102 Å². The fourth-order valence-corrected chi connectivity index (χ4v) is 3.03. The summed E-state index contributed by atoms with van der Waals surface area (Å²) in [5, 5.41) is 0. The second kappa shape index (κ2) is 8.92. The Labute approximate surface area is 174 Å². The van der Waals surface area contributed by atoms with Crippen LogP contribution >= 0.6 is 0 Å². The van der Waals surface area contributed by atoms with Crippen LogP contribution < -0.4 is 10.5 Å². The molecule has 0 spiro atoms. The van der Waals surface area contributed by atoms with Gasteiger partial charge in [-0.2, -0.15) is 4.99 Å². The summed E-state index contributed by atoms with van der Waals surface area (Å²) in [4.78, 5) is 16.3. The molecule has 0 aromatic heterocycles. The minimum atomic E-state index is -0.442. The van der Waals surface area contributed by atoms with E-state index in [1.807, 2.05) is 78.9 Å². The summed E-state index contributed by atoms with van der Waals surface area (Å²) in [5.74, 6) is 0.00864. The first-order chi connectivity index (χ1) is 14.7. The Morgan fingerprint density at radius 2 is 1.60 bits per heavy atom. The first-order valence-corrected chi connectivity index (χ1v) is 9.50. The molecule has 0 fully saturated rings. The molecule has 0 bridgehead atoms. The minimum absolute atomic E-state index is 0.114. The topological polar surface area (TPSA) is 73.9 Å². The quantitative estimate of drug-likeness (QED) is 0.384. The van der Waals surface area contributed by atoms with Gasteiger partial charge in [0.2, 0.25) is 0 Å². The smallest absolute Gasteiger partial charge is 0.336 e. The van der Waals surface area contributed by atoms with Crippen LogP contribution in [0.5, 0.6) is 5.75 Å².